The van der Waals surface area contributed by atoms with Gasteiger partial charge >= 0.3 is 0 Å². The predicted octanol–water partition coefficient (Wildman–Crippen LogP) is 6.34. The van der Waals surface area contributed by atoms with Crippen molar-refractivity contribution in [3.63, 3.8) is 0 Å². The van der Waals surface area contributed by atoms with Crippen LogP contribution in [0, 0.1) is 0 Å². The zero-order valence-electron chi connectivity index (χ0n) is 17.4. The van der Waals surface area contributed by atoms with Crippen LogP contribution in [0.4, 0.5) is 5.00 Å². The summed E-state index contributed by atoms with van der Waals surface area (Å²) in [5.74, 6) is 1.51. The fourth-order valence-electron chi connectivity index (χ4n) is 4.56. The standard InChI is InChI=1S/C25H24ClNO3S/c1-29-21-12-16(8-11-20(21)30-14-15-6-9-17(26)10-7-15)19-13-23(28)27-25-24(19)18-4-2-3-5-22(18)31-25/h6-12,19H,2-5,13-14H2,1H3,(H,27,28). The van der Waals surface area contributed by atoms with Crippen LogP contribution in [0.5, 0.6) is 11.5 Å². The van der Waals surface area contributed by atoms with Crippen LogP contribution in [-0.2, 0) is 24.2 Å². The topological polar surface area (TPSA) is 47.6 Å². The minimum Gasteiger partial charge on any atom is -0.493 e. The number of anilines is 1. The molecule has 1 aliphatic heterocycles. The molecule has 2 aliphatic rings. The van der Waals surface area contributed by atoms with Gasteiger partial charge in [0, 0.05) is 22.2 Å². The number of amides is 1. The van der Waals surface area contributed by atoms with Crippen LogP contribution in [0.2, 0.25) is 5.02 Å². The first-order chi connectivity index (χ1) is 15.1. The Morgan fingerprint density at radius 3 is 2.71 bits per heavy atom. The number of hydrogen-bond donors (Lipinski definition) is 1. The molecule has 0 radical (unpaired) electrons. The molecule has 0 bridgehead atoms. The Hall–Kier alpha value is -2.50. The van der Waals surface area contributed by atoms with E-state index in [9.17, 15) is 4.79 Å². The van der Waals surface area contributed by atoms with E-state index in [1.165, 1.54) is 28.8 Å². The summed E-state index contributed by atoms with van der Waals surface area (Å²) in [5.41, 5.74) is 4.90. The number of ether oxygens (including phenoxy) is 2. The highest BCUT2D eigenvalue weighted by molar-refractivity contribution is 7.16. The molecule has 0 saturated carbocycles. The Balaban J connectivity index is 1.44. The number of benzene rings is 2. The zero-order valence-corrected chi connectivity index (χ0v) is 18.9. The van der Waals surface area contributed by atoms with Gasteiger partial charge in [-0.15, -0.1) is 11.3 Å². The molecule has 5 rings (SSSR count). The Morgan fingerprint density at radius 1 is 1.10 bits per heavy atom. The summed E-state index contributed by atoms with van der Waals surface area (Å²) < 4.78 is 11.7. The molecule has 1 unspecified atom stereocenters. The second kappa shape index (κ2) is 8.56. The minimum atomic E-state index is 0.0565. The minimum absolute atomic E-state index is 0.0565. The van der Waals surface area contributed by atoms with Crippen molar-refractivity contribution in [2.75, 3.05) is 12.4 Å². The number of nitrogens with one attached hydrogen (secondary N) is 1. The van der Waals surface area contributed by atoms with Gasteiger partial charge in [0.25, 0.3) is 0 Å². The predicted molar refractivity (Wildman–Crippen MR) is 125 cm³/mol. The highest BCUT2D eigenvalue weighted by Crippen LogP contribution is 2.48. The van der Waals surface area contributed by atoms with Crippen LogP contribution in [0.25, 0.3) is 0 Å². The molecule has 1 amide bonds. The summed E-state index contributed by atoms with van der Waals surface area (Å²) in [5, 5.41) is 4.86. The quantitative estimate of drug-likeness (QED) is 0.490. The molecule has 0 saturated heterocycles. The average Bonchev–Trinajstić information content (AvgIpc) is 3.16. The van der Waals surface area contributed by atoms with E-state index < -0.39 is 0 Å². The normalized spacial score (nSPS) is 17.5. The maximum absolute atomic E-state index is 12.5. The smallest absolute Gasteiger partial charge is 0.225 e. The first-order valence-electron chi connectivity index (χ1n) is 10.6. The van der Waals surface area contributed by atoms with Gasteiger partial charge in [-0.2, -0.15) is 0 Å². The molecule has 31 heavy (non-hydrogen) atoms. The molecule has 2 heterocycles. The summed E-state index contributed by atoms with van der Waals surface area (Å²) in [6, 6.07) is 13.7. The molecular formula is C25H24ClNO3S. The largest absolute Gasteiger partial charge is 0.493 e. The highest BCUT2D eigenvalue weighted by Gasteiger charge is 2.33. The lowest BCUT2D eigenvalue weighted by Gasteiger charge is -2.26. The lowest BCUT2D eigenvalue weighted by Crippen LogP contribution is -2.23. The Labute approximate surface area is 191 Å². The number of fused-ring (bicyclic) bond motifs is 3. The average molecular weight is 454 g/mol. The van der Waals surface area contributed by atoms with Crippen LogP contribution in [0.3, 0.4) is 0 Å². The van der Waals surface area contributed by atoms with Crippen LogP contribution < -0.4 is 14.8 Å². The Morgan fingerprint density at radius 2 is 1.90 bits per heavy atom. The molecule has 1 atom stereocenters. The summed E-state index contributed by atoms with van der Waals surface area (Å²) in [7, 11) is 1.65. The molecule has 160 valence electrons. The van der Waals surface area contributed by atoms with Crippen molar-refractivity contribution < 1.29 is 14.3 Å². The van der Waals surface area contributed by atoms with Crippen molar-refractivity contribution in [1.29, 1.82) is 0 Å². The molecule has 6 heteroatoms. The molecule has 0 spiro atoms. The second-order valence-electron chi connectivity index (χ2n) is 8.08. The Kier molecular flexibility index (Phi) is 5.63. The molecule has 1 aliphatic carbocycles. The van der Waals surface area contributed by atoms with Crippen LogP contribution in [-0.4, -0.2) is 13.0 Å². The summed E-state index contributed by atoms with van der Waals surface area (Å²) in [6.45, 7) is 0.431. The third kappa shape index (κ3) is 4.04. The van der Waals surface area contributed by atoms with Crippen LogP contribution >= 0.6 is 22.9 Å². The molecule has 2 aromatic carbocycles. The van der Waals surface area contributed by atoms with E-state index in [2.05, 4.69) is 11.4 Å². The van der Waals surface area contributed by atoms with Gasteiger partial charge in [0.15, 0.2) is 11.5 Å². The number of rotatable bonds is 5. The van der Waals surface area contributed by atoms with Gasteiger partial charge in [0.2, 0.25) is 5.91 Å². The van der Waals surface area contributed by atoms with E-state index in [0.29, 0.717) is 29.5 Å². The maximum atomic E-state index is 12.5. The number of hydrogen-bond acceptors (Lipinski definition) is 4. The van der Waals surface area contributed by atoms with Crippen molar-refractivity contribution in [3.8, 4) is 11.5 Å². The first kappa shape index (κ1) is 20.4. The maximum Gasteiger partial charge on any atom is 0.225 e. The van der Waals surface area contributed by atoms with Crippen molar-refractivity contribution in [2.45, 2.75) is 44.6 Å². The Bertz CT molecular complexity index is 1120. The second-order valence-corrected chi connectivity index (χ2v) is 9.63. The van der Waals surface area contributed by atoms with Crippen molar-refractivity contribution in [2.24, 2.45) is 0 Å². The van der Waals surface area contributed by atoms with E-state index in [1.54, 1.807) is 18.4 Å². The van der Waals surface area contributed by atoms with Gasteiger partial charge in [-0.25, -0.2) is 0 Å². The third-order valence-corrected chi connectivity index (χ3v) is 7.58. The van der Waals surface area contributed by atoms with Crippen LogP contribution in [0.1, 0.15) is 52.3 Å². The van der Waals surface area contributed by atoms with E-state index in [4.69, 9.17) is 21.1 Å². The van der Waals surface area contributed by atoms with Gasteiger partial charge in [-0.3, -0.25) is 4.79 Å². The van der Waals surface area contributed by atoms with Gasteiger partial charge < -0.3 is 14.8 Å². The SMILES string of the molecule is COc1cc(C2CC(=O)Nc3sc4c(c32)CCCC4)ccc1OCc1ccc(Cl)cc1. The van der Waals surface area contributed by atoms with E-state index >= 15 is 0 Å². The number of carbonyl (C=O) groups excluding carboxylic acids is 1. The van der Waals surface area contributed by atoms with Crippen molar-refractivity contribution in [3.05, 3.63) is 74.6 Å². The van der Waals surface area contributed by atoms with Crippen molar-refractivity contribution in [1.82, 2.24) is 0 Å². The molecule has 3 aromatic rings. The molecule has 4 nitrogen and oxygen atoms in total. The molecular weight excluding hydrogens is 430 g/mol. The van der Waals surface area contributed by atoms with E-state index in [1.807, 2.05) is 36.4 Å². The zero-order chi connectivity index (χ0) is 21.4. The van der Waals surface area contributed by atoms with Gasteiger partial charge in [-0.1, -0.05) is 29.8 Å². The molecule has 1 aromatic heterocycles. The molecule has 1 N–H and O–H groups in total. The van der Waals surface area contributed by atoms with Gasteiger partial charge in [-0.05, 0) is 72.2 Å². The number of thiophene rings is 1. The first-order valence-corrected chi connectivity index (χ1v) is 11.8. The van der Waals surface area contributed by atoms with Crippen molar-refractivity contribution >= 4 is 33.8 Å². The molecule has 0 fully saturated rings. The van der Waals surface area contributed by atoms with E-state index in [0.717, 1.165) is 29.0 Å². The monoisotopic (exact) mass is 453 g/mol. The number of carbonyl (C=O) groups is 1. The fourth-order valence-corrected chi connectivity index (χ4v) is 6.06. The summed E-state index contributed by atoms with van der Waals surface area (Å²) in [6.07, 6.45) is 5.14. The third-order valence-electron chi connectivity index (χ3n) is 6.10. The van der Waals surface area contributed by atoms with Gasteiger partial charge in [0.1, 0.15) is 6.61 Å². The number of halogens is 1. The summed E-state index contributed by atoms with van der Waals surface area (Å²) in [4.78, 5) is 13.9. The van der Waals surface area contributed by atoms with Gasteiger partial charge in [0.05, 0.1) is 12.1 Å². The number of methoxy groups -OCH3 is 1. The fraction of sp³-hybridized carbons (Fsp3) is 0.320. The highest BCUT2D eigenvalue weighted by atomic mass is 35.5. The lowest BCUT2D eigenvalue weighted by atomic mass is 9.82. The number of aryl methyl sites for hydroxylation is 1. The van der Waals surface area contributed by atoms with E-state index in [-0.39, 0.29) is 11.8 Å². The summed E-state index contributed by atoms with van der Waals surface area (Å²) >= 11 is 7.72. The van der Waals surface area contributed by atoms with Crippen LogP contribution in [0.15, 0.2) is 42.5 Å². The lowest BCUT2D eigenvalue weighted by molar-refractivity contribution is -0.116.